The van der Waals surface area contributed by atoms with E-state index in [4.69, 9.17) is 0 Å². The topological polar surface area (TPSA) is 61.4 Å². The van der Waals surface area contributed by atoms with Gasteiger partial charge in [0.05, 0.1) is 17.2 Å². The van der Waals surface area contributed by atoms with Crippen LogP contribution in [0.2, 0.25) is 0 Å². The van der Waals surface area contributed by atoms with Gasteiger partial charge in [0.1, 0.15) is 5.75 Å². The van der Waals surface area contributed by atoms with Crippen LogP contribution in [-0.2, 0) is 11.0 Å². The van der Waals surface area contributed by atoms with Gasteiger partial charge in [0.2, 0.25) is 5.91 Å². The second kappa shape index (κ2) is 4.91. The van der Waals surface area contributed by atoms with Crippen LogP contribution in [-0.4, -0.2) is 23.1 Å². The van der Waals surface area contributed by atoms with Gasteiger partial charge in [-0.1, -0.05) is 0 Å². The molecule has 0 saturated carbocycles. The molecule has 3 N–H and O–H groups in total. The second-order valence-electron chi connectivity index (χ2n) is 5.61. The van der Waals surface area contributed by atoms with E-state index < -0.39 is 11.7 Å². The Morgan fingerprint density at radius 2 is 2.10 bits per heavy atom. The Morgan fingerprint density at radius 1 is 1.33 bits per heavy atom. The zero-order valence-electron chi connectivity index (χ0n) is 11.1. The molecule has 0 spiro atoms. The molecule has 3 rings (SSSR count). The molecule has 0 radical (unpaired) electrons. The Hall–Kier alpha value is -1.76. The van der Waals surface area contributed by atoms with Gasteiger partial charge in [0.15, 0.2) is 0 Å². The zero-order valence-corrected chi connectivity index (χ0v) is 11.1. The molecule has 1 amide bonds. The minimum absolute atomic E-state index is 0.0861. The smallest absolute Gasteiger partial charge is 0.416 e. The molecule has 0 aliphatic carbocycles. The first-order valence-electron chi connectivity index (χ1n) is 6.82. The number of halogens is 3. The Morgan fingerprint density at radius 3 is 2.67 bits per heavy atom. The number of fused-ring (bicyclic) bond motifs is 2. The van der Waals surface area contributed by atoms with Gasteiger partial charge in [0, 0.05) is 12.1 Å². The molecule has 4 nitrogen and oxygen atoms in total. The summed E-state index contributed by atoms with van der Waals surface area (Å²) in [4.78, 5) is 12.2. The van der Waals surface area contributed by atoms with Crippen LogP contribution in [0, 0.1) is 5.92 Å². The van der Waals surface area contributed by atoms with Crippen LogP contribution in [0.15, 0.2) is 18.2 Å². The fourth-order valence-corrected chi connectivity index (χ4v) is 3.15. The molecule has 2 fully saturated rings. The maximum Gasteiger partial charge on any atom is 0.416 e. The van der Waals surface area contributed by atoms with Crippen molar-refractivity contribution < 1.29 is 23.1 Å². The molecule has 2 aliphatic rings. The van der Waals surface area contributed by atoms with E-state index in [9.17, 15) is 23.1 Å². The minimum Gasteiger partial charge on any atom is -0.506 e. The summed E-state index contributed by atoms with van der Waals surface area (Å²) in [5, 5.41) is 15.3. The van der Waals surface area contributed by atoms with Gasteiger partial charge >= 0.3 is 6.18 Å². The molecular formula is C14H15F3N2O2. The highest BCUT2D eigenvalue weighted by molar-refractivity contribution is 5.94. The van der Waals surface area contributed by atoms with Crippen LogP contribution in [0.5, 0.6) is 5.75 Å². The maximum atomic E-state index is 12.7. The van der Waals surface area contributed by atoms with Crippen LogP contribution in [0.25, 0.3) is 0 Å². The van der Waals surface area contributed by atoms with Gasteiger partial charge in [-0.05, 0) is 37.5 Å². The van der Waals surface area contributed by atoms with Gasteiger partial charge in [-0.3, -0.25) is 4.79 Å². The summed E-state index contributed by atoms with van der Waals surface area (Å²) in [5.74, 6) is -0.963. The summed E-state index contributed by atoms with van der Waals surface area (Å²) < 4.78 is 38.0. The molecule has 2 aliphatic heterocycles. The number of hydrogen-bond donors (Lipinski definition) is 3. The molecule has 2 bridgehead atoms. The van der Waals surface area contributed by atoms with Crippen molar-refractivity contribution in [3.63, 3.8) is 0 Å². The average molecular weight is 300 g/mol. The van der Waals surface area contributed by atoms with Crippen molar-refractivity contribution in [1.29, 1.82) is 0 Å². The lowest BCUT2D eigenvalue weighted by molar-refractivity contribution is -0.137. The van der Waals surface area contributed by atoms with Crippen molar-refractivity contribution in [2.24, 2.45) is 5.92 Å². The monoisotopic (exact) mass is 300 g/mol. The lowest BCUT2D eigenvalue weighted by atomic mass is 9.88. The Balaban J connectivity index is 1.76. The molecule has 3 unspecified atom stereocenters. The van der Waals surface area contributed by atoms with Crippen molar-refractivity contribution in [3.8, 4) is 5.75 Å². The van der Waals surface area contributed by atoms with Crippen molar-refractivity contribution in [2.75, 3.05) is 5.32 Å². The number of nitrogens with one attached hydrogen (secondary N) is 2. The Labute approximate surface area is 119 Å². The molecule has 1 aromatic rings. The van der Waals surface area contributed by atoms with Gasteiger partial charge in [0.25, 0.3) is 0 Å². The lowest BCUT2D eigenvalue weighted by Crippen LogP contribution is -2.32. The molecule has 2 heterocycles. The van der Waals surface area contributed by atoms with Gasteiger partial charge in [-0.2, -0.15) is 13.2 Å². The fourth-order valence-electron chi connectivity index (χ4n) is 3.15. The van der Waals surface area contributed by atoms with E-state index in [-0.39, 0.29) is 29.3 Å². The highest BCUT2D eigenvalue weighted by Crippen LogP contribution is 2.37. The molecule has 3 atom stereocenters. The largest absolute Gasteiger partial charge is 0.506 e. The highest BCUT2D eigenvalue weighted by atomic mass is 19.4. The number of rotatable bonds is 2. The van der Waals surface area contributed by atoms with Crippen LogP contribution < -0.4 is 10.6 Å². The third kappa shape index (κ3) is 2.70. The number of phenolic OH excluding ortho intramolecular Hbond substituents is 1. The first kappa shape index (κ1) is 14.2. The summed E-state index contributed by atoms with van der Waals surface area (Å²) in [6, 6.07) is 2.89. The van der Waals surface area contributed by atoms with E-state index in [1.165, 1.54) is 0 Å². The van der Waals surface area contributed by atoms with E-state index in [1.54, 1.807) is 0 Å². The van der Waals surface area contributed by atoms with E-state index in [0.29, 0.717) is 12.5 Å². The normalized spacial score (nSPS) is 27.9. The van der Waals surface area contributed by atoms with Crippen molar-refractivity contribution in [3.05, 3.63) is 23.8 Å². The number of carbonyl (C=O) groups excluding carboxylic acids is 1. The summed E-state index contributed by atoms with van der Waals surface area (Å²) in [5.41, 5.74) is -1.10. The molecule has 7 heteroatoms. The Bertz CT molecular complexity index is 574. The number of anilines is 1. The molecular weight excluding hydrogens is 285 g/mol. The van der Waals surface area contributed by atoms with E-state index in [2.05, 4.69) is 10.6 Å². The summed E-state index contributed by atoms with van der Waals surface area (Å²) >= 11 is 0. The number of hydrogen-bond acceptors (Lipinski definition) is 3. The van der Waals surface area contributed by atoms with E-state index >= 15 is 0 Å². The number of benzene rings is 1. The van der Waals surface area contributed by atoms with E-state index in [1.807, 2.05) is 0 Å². The standard InChI is InChI=1S/C14H15F3N2O2/c15-14(16,17)7-1-4-12(20)11(5-7)19-13(21)9-6-8-2-3-10(9)18-8/h1,4-5,8-10,18,20H,2-3,6H2,(H,19,21). The number of aromatic hydroxyl groups is 1. The van der Waals surface area contributed by atoms with Crippen molar-refractivity contribution in [2.45, 2.75) is 37.5 Å². The summed E-state index contributed by atoms with van der Waals surface area (Å²) in [7, 11) is 0. The third-order valence-electron chi connectivity index (χ3n) is 4.22. The zero-order chi connectivity index (χ0) is 15.2. The number of alkyl halides is 3. The predicted octanol–water partition coefficient (Wildman–Crippen LogP) is 2.49. The number of carbonyl (C=O) groups is 1. The van der Waals surface area contributed by atoms with Crippen LogP contribution in [0.3, 0.4) is 0 Å². The first-order valence-corrected chi connectivity index (χ1v) is 6.82. The Kier molecular flexibility index (Phi) is 3.32. The third-order valence-corrected chi connectivity index (χ3v) is 4.22. The van der Waals surface area contributed by atoms with Crippen molar-refractivity contribution >= 4 is 11.6 Å². The van der Waals surface area contributed by atoms with Crippen LogP contribution in [0.4, 0.5) is 18.9 Å². The molecule has 21 heavy (non-hydrogen) atoms. The summed E-state index contributed by atoms with van der Waals surface area (Å²) in [6.07, 6.45) is -1.89. The SMILES string of the molecule is O=C(Nc1cc(C(F)(F)F)ccc1O)C1CC2CCC1N2. The predicted molar refractivity (Wildman–Crippen MR) is 69.8 cm³/mol. The minimum atomic E-state index is -4.51. The fraction of sp³-hybridized carbons (Fsp3) is 0.500. The summed E-state index contributed by atoms with van der Waals surface area (Å²) in [6.45, 7) is 0. The quantitative estimate of drug-likeness (QED) is 0.735. The maximum absolute atomic E-state index is 12.7. The molecule has 1 aromatic carbocycles. The van der Waals surface area contributed by atoms with Gasteiger partial charge in [-0.25, -0.2) is 0 Å². The molecule has 114 valence electrons. The average Bonchev–Trinajstić information content (AvgIpc) is 3.02. The second-order valence-corrected chi connectivity index (χ2v) is 5.61. The number of phenols is 1. The first-order chi connectivity index (χ1) is 9.84. The van der Waals surface area contributed by atoms with E-state index in [0.717, 1.165) is 31.0 Å². The number of amides is 1. The van der Waals surface area contributed by atoms with Gasteiger partial charge in [-0.15, -0.1) is 0 Å². The molecule has 2 saturated heterocycles. The lowest BCUT2D eigenvalue weighted by Gasteiger charge is -2.20. The highest BCUT2D eigenvalue weighted by Gasteiger charge is 2.43. The van der Waals surface area contributed by atoms with Gasteiger partial charge < -0.3 is 15.7 Å². The van der Waals surface area contributed by atoms with Crippen molar-refractivity contribution in [1.82, 2.24) is 5.32 Å². The van der Waals surface area contributed by atoms with Crippen LogP contribution in [0.1, 0.15) is 24.8 Å². The van der Waals surface area contributed by atoms with Crippen LogP contribution >= 0.6 is 0 Å². The molecule has 0 aromatic heterocycles.